The molecule has 0 saturated heterocycles. The van der Waals surface area contributed by atoms with E-state index in [-0.39, 0.29) is 0 Å². The van der Waals surface area contributed by atoms with Gasteiger partial charge in [0.2, 0.25) is 5.95 Å². The van der Waals surface area contributed by atoms with Crippen molar-refractivity contribution in [1.82, 2.24) is 24.3 Å². The van der Waals surface area contributed by atoms with Crippen molar-refractivity contribution in [2.75, 3.05) is 5.73 Å². The normalized spacial score (nSPS) is 10.7. The average molecular weight is 206 g/mol. The number of nitrogen functional groups attached to an aromatic ring is 1. The van der Waals surface area contributed by atoms with Crippen molar-refractivity contribution in [1.29, 1.82) is 0 Å². The highest BCUT2D eigenvalue weighted by Gasteiger charge is 2.05. The number of hydrogen-bond acceptors (Lipinski definition) is 4. The van der Waals surface area contributed by atoms with Gasteiger partial charge < -0.3 is 10.3 Å². The molecule has 0 unspecified atom stereocenters. The Labute approximate surface area is 87.8 Å². The van der Waals surface area contributed by atoms with Crippen molar-refractivity contribution in [3.63, 3.8) is 0 Å². The molecule has 0 atom stereocenters. The molecule has 0 radical (unpaired) electrons. The van der Waals surface area contributed by atoms with Gasteiger partial charge in [-0.05, 0) is 6.42 Å². The molecule has 0 aliphatic carbocycles. The first-order valence-corrected chi connectivity index (χ1v) is 4.94. The van der Waals surface area contributed by atoms with Crippen LogP contribution in [-0.2, 0) is 13.1 Å². The topological polar surface area (TPSA) is 74.5 Å². The molecule has 0 bridgehead atoms. The zero-order valence-electron chi connectivity index (χ0n) is 8.67. The third kappa shape index (κ3) is 1.98. The van der Waals surface area contributed by atoms with Crippen LogP contribution in [0.2, 0.25) is 0 Å². The minimum atomic E-state index is 0.501. The van der Waals surface area contributed by atoms with Crippen LogP contribution in [0.15, 0.2) is 18.7 Å². The monoisotopic (exact) mass is 206 g/mol. The van der Waals surface area contributed by atoms with Crippen LogP contribution in [0.25, 0.3) is 0 Å². The van der Waals surface area contributed by atoms with Gasteiger partial charge in [0.05, 0.1) is 6.54 Å². The number of nitrogens with zero attached hydrogens (tertiary/aromatic N) is 5. The van der Waals surface area contributed by atoms with Crippen LogP contribution in [-0.4, -0.2) is 24.3 Å². The van der Waals surface area contributed by atoms with E-state index in [1.54, 1.807) is 12.5 Å². The van der Waals surface area contributed by atoms with Crippen molar-refractivity contribution in [2.45, 2.75) is 26.4 Å². The van der Waals surface area contributed by atoms with E-state index in [0.717, 1.165) is 18.8 Å². The Morgan fingerprint density at radius 1 is 1.40 bits per heavy atom. The minimum Gasteiger partial charge on any atom is -0.369 e. The molecule has 2 rings (SSSR count). The third-order valence-corrected chi connectivity index (χ3v) is 2.19. The summed E-state index contributed by atoms with van der Waals surface area (Å²) in [5.74, 6) is 1.41. The van der Waals surface area contributed by atoms with Crippen molar-refractivity contribution in [3.8, 4) is 0 Å². The van der Waals surface area contributed by atoms with E-state index in [4.69, 9.17) is 5.73 Å². The van der Waals surface area contributed by atoms with Crippen molar-refractivity contribution >= 4 is 5.95 Å². The molecule has 0 spiro atoms. The smallest absolute Gasteiger partial charge is 0.200 e. The van der Waals surface area contributed by atoms with Crippen LogP contribution in [0.5, 0.6) is 0 Å². The summed E-state index contributed by atoms with van der Waals surface area (Å²) in [4.78, 5) is 8.15. The highest BCUT2D eigenvalue weighted by Crippen LogP contribution is 2.04. The van der Waals surface area contributed by atoms with E-state index in [1.807, 2.05) is 15.4 Å². The number of anilines is 1. The second-order valence-corrected chi connectivity index (χ2v) is 3.31. The predicted octanol–water partition coefficient (Wildman–Crippen LogP) is 0.515. The molecule has 6 heteroatoms. The van der Waals surface area contributed by atoms with E-state index >= 15 is 0 Å². The molecule has 2 aromatic heterocycles. The largest absolute Gasteiger partial charge is 0.369 e. The SMILES string of the molecule is CCCn1ncnc1Cn1ccnc1N. The Balaban J connectivity index is 2.17. The lowest BCUT2D eigenvalue weighted by Crippen LogP contribution is -2.11. The first-order valence-electron chi connectivity index (χ1n) is 4.94. The van der Waals surface area contributed by atoms with E-state index in [2.05, 4.69) is 22.0 Å². The van der Waals surface area contributed by atoms with Crippen LogP contribution >= 0.6 is 0 Å². The van der Waals surface area contributed by atoms with E-state index < -0.39 is 0 Å². The predicted molar refractivity (Wildman–Crippen MR) is 56.1 cm³/mol. The standard InChI is InChI=1S/C9H14N6/c1-2-4-15-8(12-7-13-15)6-14-5-3-11-9(14)10/h3,5,7H,2,4,6H2,1H3,(H2,10,11). The van der Waals surface area contributed by atoms with Crippen molar-refractivity contribution in [3.05, 3.63) is 24.5 Å². The number of nitrogens with two attached hydrogens (primary N) is 1. The maximum atomic E-state index is 5.68. The summed E-state index contributed by atoms with van der Waals surface area (Å²) in [6, 6.07) is 0. The van der Waals surface area contributed by atoms with E-state index in [1.165, 1.54) is 0 Å². The highest BCUT2D eigenvalue weighted by molar-refractivity contribution is 5.17. The molecule has 2 aromatic rings. The number of imidazole rings is 1. The minimum absolute atomic E-state index is 0.501. The maximum absolute atomic E-state index is 5.68. The molecule has 0 aromatic carbocycles. The summed E-state index contributed by atoms with van der Waals surface area (Å²) in [7, 11) is 0. The molecule has 0 aliphatic heterocycles. The zero-order valence-corrected chi connectivity index (χ0v) is 8.67. The van der Waals surface area contributed by atoms with E-state index in [0.29, 0.717) is 12.5 Å². The zero-order chi connectivity index (χ0) is 10.7. The second-order valence-electron chi connectivity index (χ2n) is 3.31. The highest BCUT2D eigenvalue weighted by atomic mass is 15.3. The Bertz CT molecular complexity index is 429. The van der Waals surface area contributed by atoms with Crippen LogP contribution in [0.4, 0.5) is 5.95 Å². The molecular formula is C9H14N6. The second kappa shape index (κ2) is 4.12. The average Bonchev–Trinajstić information content (AvgIpc) is 2.80. The quantitative estimate of drug-likeness (QED) is 0.791. The van der Waals surface area contributed by atoms with Gasteiger partial charge in [-0.25, -0.2) is 14.6 Å². The van der Waals surface area contributed by atoms with Gasteiger partial charge in [-0.2, -0.15) is 5.10 Å². The number of rotatable bonds is 4. The van der Waals surface area contributed by atoms with Crippen LogP contribution < -0.4 is 5.73 Å². The lowest BCUT2D eigenvalue weighted by atomic mass is 10.4. The Morgan fingerprint density at radius 2 is 2.27 bits per heavy atom. The van der Waals surface area contributed by atoms with Crippen LogP contribution in [0, 0.1) is 0 Å². The molecule has 2 N–H and O–H groups in total. The third-order valence-electron chi connectivity index (χ3n) is 2.19. The number of aromatic nitrogens is 5. The van der Waals surface area contributed by atoms with Gasteiger partial charge in [0, 0.05) is 18.9 Å². The van der Waals surface area contributed by atoms with Gasteiger partial charge in [0.1, 0.15) is 12.2 Å². The Morgan fingerprint density at radius 3 is 2.93 bits per heavy atom. The van der Waals surface area contributed by atoms with Gasteiger partial charge in [0.25, 0.3) is 0 Å². The van der Waals surface area contributed by atoms with Gasteiger partial charge in [-0.3, -0.25) is 0 Å². The number of hydrogen-bond donors (Lipinski definition) is 1. The van der Waals surface area contributed by atoms with E-state index in [9.17, 15) is 0 Å². The van der Waals surface area contributed by atoms with Gasteiger partial charge in [-0.15, -0.1) is 0 Å². The summed E-state index contributed by atoms with van der Waals surface area (Å²) >= 11 is 0. The summed E-state index contributed by atoms with van der Waals surface area (Å²) in [6.45, 7) is 3.60. The van der Waals surface area contributed by atoms with Gasteiger partial charge >= 0.3 is 0 Å². The Hall–Kier alpha value is -1.85. The van der Waals surface area contributed by atoms with Crippen molar-refractivity contribution < 1.29 is 0 Å². The summed E-state index contributed by atoms with van der Waals surface area (Å²) in [5, 5.41) is 4.15. The van der Waals surface area contributed by atoms with Crippen LogP contribution in [0.1, 0.15) is 19.2 Å². The molecule has 0 fully saturated rings. The lowest BCUT2D eigenvalue weighted by Gasteiger charge is -2.05. The van der Waals surface area contributed by atoms with Crippen LogP contribution in [0.3, 0.4) is 0 Å². The summed E-state index contributed by atoms with van der Waals surface area (Å²) < 4.78 is 3.73. The summed E-state index contributed by atoms with van der Waals surface area (Å²) in [6.07, 6.45) is 6.12. The molecular weight excluding hydrogens is 192 g/mol. The van der Waals surface area contributed by atoms with Gasteiger partial charge in [0.15, 0.2) is 0 Å². The maximum Gasteiger partial charge on any atom is 0.200 e. The molecule has 0 saturated carbocycles. The fourth-order valence-corrected chi connectivity index (χ4v) is 1.44. The lowest BCUT2D eigenvalue weighted by molar-refractivity contribution is 0.555. The molecule has 6 nitrogen and oxygen atoms in total. The molecule has 2 heterocycles. The van der Waals surface area contributed by atoms with Gasteiger partial charge in [-0.1, -0.05) is 6.92 Å². The fourth-order valence-electron chi connectivity index (χ4n) is 1.44. The first kappa shape index (κ1) is 9.70. The summed E-state index contributed by atoms with van der Waals surface area (Å²) in [5.41, 5.74) is 5.68. The Kier molecular flexibility index (Phi) is 2.66. The number of aryl methyl sites for hydroxylation is 1. The first-order chi connectivity index (χ1) is 7.31. The molecule has 15 heavy (non-hydrogen) atoms. The molecule has 80 valence electrons. The fraction of sp³-hybridized carbons (Fsp3) is 0.444. The van der Waals surface area contributed by atoms with Crippen molar-refractivity contribution in [2.24, 2.45) is 0 Å². The molecule has 0 amide bonds. The molecule has 0 aliphatic rings.